The fourth-order valence-electron chi connectivity index (χ4n) is 2.72. The molecule has 0 aliphatic heterocycles. The number of anilines is 1. The van der Waals surface area contributed by atoms with Crippen LogP contribution < -0.4 is 10.1 Å². The molecule has 1 N–H and O–H groups in total. The Kier molecular flexibility index (Phi) is 6.41. The first-order valence-corrected chi connectivity index (χ1v) is 11.2. The summed E-state index contributed by atoms with van der Waals surface area (Å²) in [4.78, 5) is 22.1. The van der Waals surface area contributed by atoms with E-state index in [2.05, 4.69) is 20.7 Å². The summed E-state index contributed by atoms with van der Waals surface area (Å²) in [5.41, 5.74) is 2.35. The Bertz CT molecular complexity index is 1130. The van der Waals surface area contributed by atoms with Crippen LogP contribution in [0, 0.1) is 6.92 Å². The summed E-state index contributed by atoms with van der Waals surface area (Å²) in [6.07, 6.45) is 3.33. The number of hydrogen-bond donors (Lipinski definition) is 1. The number of carbonyl (C=O) groups excluding carboxylic acids is 1. The molecular weight excluding hydrogens is 414 g/mol. The van der Waals surface area contributed by atoms with Crippen molar-refractivity contribution >= 4 is 34.7 Å². The van der Waals surface area contributed by atoms with Gasteiger partial charge in [-0.1, -0.05) is 6.07 Å². The number of nitrogens with zero attached hydrogens (tertiary/aromatic N) is 2. The molecule has 150 valence electrons. The second kappa shape index (κ2) is 9.56. The summed E-state index contributed by atoms with van der Waals surface area (Å²) < 4.78 is 5.79. The number of aromatic nitrogens is 2. The Hall–Kier alpha value is -3.16. The van der Waals surface area contributed by atoms with Crippen LogP contribution in [0.25, 0.3) is 0 Å². The predicted octanol–water partition coefficient (Wildman–Crippen LogP) is 6.18. The summed E-state index contributed by atoms with van der Waals surface area (Å²) in [6, 6.07) is 18.4. The third kappa shape index (κ3) is 5.46. The fraction of sp³-hybridized carbons (Fsp3) is 0.0870. The predicted molar refractivity (Wildman–Crippen MR) is 122 cm³/mol. The highest BCUT2D eigenvalue weighted by molar-refractivity contribution is 7.98. The first-order valence-electron chi connectivity index (χ1n) is 9.29. The number of ether oxygens (including phenoxy) is 1. The van der Waals surface area contributed by atoms with Gasteiger partial charge in [-0.25, -0.2) is 4.98 Å². The van der Waals surface area contributed by atoms with Gasteiger partial charge in [0.2, 0.25) is 0 Å². The normalized spacial score (nSPS) is 10.6. The molecule has 0 bridgehead atoms. The zero-order valence-corrected chi connectivity index (χ0v) is 17.9. The molecule has 0 aliphatic rings. The fourth-order valence-corrected chi connectivity index (χ4v) is 4.23. The van der Waals surface area contributed by atoms with Crippen LogP contribution in [0.4, 0.5) is 5.69 Å². The van der Waals surface area contributed by atoms with Gasteiger partial charge in [0, 0.05) is 45.7 Å². The van der Waals surface area contributed by atoms with Gasteiger partial charge in [0.15, 0.2) is 0 Å². The highest BCUT2D eigenvalue weighted by atomic mass is 32.2. The van der Waals surface area contributed by atoms with Crippen LogP contribution in [0.5, 0.6) is 11.5 Å². The van der Waals surface area contributed by atoms with E-state index < -0.39 is 0 Å². The average molecular weight is 434 g/mol. The summed E-state index contributed by atoms with van der Waals surface area (Å²) in [7, 11) is 0. The summed E-state index contributed by atoms with van der Waals surface area (Å²) in [5.74, 6) is 1.99. The Morgan fingerprint density at radius 1 is 1.07 bits per heavy atom. The number of benzene rings is 2. The molecule has 4 rings (SSSR count). The van der Waals surface area contributed by atoms with Gasteiger partial charge < -0.3 is 10.1 Å². The lowest BCUT2D eigenvalue weighted by Gasteiger charge is -2.09. The molecule has 0 unspecified atom stereocenters. The van der Waals surface area contributed by atoms with Gasteiger partial charge in [0.1, 0.15) is 11.5 Å². The van der Waals surface area contributed by atoms with Gasteiger partial charge in [-0.2, -0.15) is 0 Å². The van der Waals surface area contributed by atoms with E-state index in [1.165, 1.54) is 0 Å². The largest absolute Gasteiger partial charge is 0.457 e. The molecule has 2 heterocycles. The maximum absolute atomic E-state index is 12.6. The molecule has 5 nitrogen and oxygen atoms in total. The van der Waals surface area contributed by atoms with E-state index in [9.17, 15) is 4.79 Å². The summed E-state index contributed by atoms with van der Waals surface area (Å²) in [5, 5.41) is 6.07. The van der Waals surface area contributed by atoms with Crippen molar-refractivity contribution in [1.82, 2.24) is 9.97 Å². The highest BCUT2D eigenvalue weighted by Gasteiger charge is 2.08. The maximum Gasteiger partial charge on any atom is 0.255 e. The SMILES string of the molecule is Cc1nc(CSc2ccc(C(=O)Nc3cccc(Oc4ccncc4)c3)cc2)cs1. The van der Waals surface area contributed by atoms with Gasteiger partial charge in [-0.05, 0) is 55.5 Å². The van der Waals surface area contributed by atoms with Gasteiger partial charge in [-0.3, -0.25) is 9.78 Å². The van der Waals surface area contributed by atoms with Crippen LogP contribution in [-0.4, -0.2) is 15.9 Å². The van der Waals surface area contributed by atoms with Crippen molar-refractivity contribution in [1.29, 1.82) is 0 Å². The number of rotatable bonds is 7. The lowest BCUT2D eigenvalue weighted by Crippen LogP contribution is -2.11. The molecule has 30 heavy (non-hydrogen) atoms. The molecule has 2 aromatic heterocycles. The van der Waals surface area contributed by atoms with Crippen LogP contribution in [0.15, 0.2) is 83.3 Å². The van der Waals surface area contributed by atoms with Gasteiger partial charge >= 0.3 is 0 Å². The standard InChI is InChI=1S/C23H19N3O2S2/c1-16-25-19(14-29-16)15-30-22-7-5-17(6-8-22)23(27)26-18-3-2-4-21(13-18)28-20-9-11-24-12-10-20/h2-14H,15H2,1H3,(H,26,27). The molecule has 0 saturated heterocycles. The zero-order chi connectivity index (χ0) is 20.8. The lowest BCUT2D eigenvalue weighted by molar-refractivity contribution is 0.102. The summed E-state index contributed by atoms with van der Waals surface area (Å²) >= 11 is 3.36. The number of thioether (sulfide) groups is 1. The third-order valence-corrected chi connectivity index (χ3v) is 6.02. The zero-order valence-electron chi connectivity index (χ0n) is 16.2. The van der Waals surface area contributed by atoms with E-state index >= 15 is 0 Å². The Morgan fingerprint density at radius 2 is 1.87 bits per heavy atom. The molecule has 0 radical (unpaired) electrons. The van der Waals surface area contributed by atoms with Crippen molar-refractivity contribution in [3.05, 3.63) is 94.7 Å². The number of hydrogen-bond acceptors (Lipinski definition) is 6. The number of pyridine rings is 1. The van der Waals surface area contributed by atoms with E-state index in [-0.39, 0.29) is 5.91 Å². The second-order valence-corrected chi connectivity index (χ2v) is 8.55. The number of aryl methyl sites for hydroxylation is 1. The number of amides is 1. The first-order chi connectivity index (χ1) is 14.7. The van der Waals surface area contributed by atoms with Crippen LogP contribution in [-0.2, 0) is 5.75 Å². The minimum absolute atomic E-state index is 0.164. The van der Waals surface area contributed by atoms with Gasteiger partial charge in [-0.15, -0.1) is 23.1 Å². The molecular formula is C23H19N3O2S2. The molecule has 2 aromatic carbocycles. The molecule has 0 atom stereocenters. The smallest absolute Gasteiger partial charge is 0.255 e. The number of carbonyl (C=O) groups is 1. The van der Waals surface area contributed by atoms with Crippen molar-refractivity contribution in [2.24, 2.45) is 0 Å². The lowest BCUT2D eigenvalue weighted by atomic mass is 10.2. The van der Waals surface area contributed by atoms with Crippen molar-refractivity contribution in [2.75, 3.05) is 5.32 Å². The van der Waals surface area contributed by atoms with E-state index in [0.717, 1.165) is 21.3 Å². The maximum atomic E-state index is 12.6. The molecule has 1 amide bonds. The van der Waals surface area contributed by atoms with Crippen molar-refractivity contribution in [2.45, 2.75) is 17.6 Å². The summed E-state index contributed by atoms with van der Waals surface area (Å²) in [6.45, 7) is 2.01. The van der Waals surface area contributed by atoms with Gasteiger partial charge in [0.25, 0.3) is 5.91 Å². The van der Waals surface area contributed by atoms with Crippen LogP contribution in [0.2, 0.25) is 0 Å². The highest BCUT2D eigenvalue weighted by Crippen LogP contribution is 2.25. The van der Waals surface area contributed by atoms with Crippen LogP contribution in [0.1, 0.15) is 21.1 Å². The van der Waals surface area contributed by atoms with Crippen LogP contribution in [0.3, 0.4) is 0 Å². The van der Waals surface area contributed by atoms with E-state index in [1.54, 1.807) is 53.7 Å². The average Bonchev–Trinajstić information content (AvgIpc) is 3.19. The molecule has 0 spiro atoms. The Balaban J connectivity index is 1.36. The second-order valence-electron chi connectivity index (χ2n) is 6.44. The molecule has 0 saturated carbocycles. The molecule has 4 aromatic rings. The van der Waals surface area contributed by atoms with E-state index in [4.69, 9.17) is 4.74 Å². The van der Waals surface area contributed by atoms with Crippen molar-refractivity contribution in [3.63, 3.8) is 0 Å². The third-order valence-electron chi connectivity index (χ3n) is 4.15. The minimum Gasteiger partial charge on any atom is -0.457 e. The van der Waals surface area contributed by atoms with E-state index in [1.807, 2.05) is 49.4 Å². The number of thiazole rings is 1. The molecule has 0 aliphatic carbocycles. The van der Waals surface area contributed by atoms with Crippen molar-refractivity contribution in [3.8, 4) is 11.5 Å². The topological polar surface area (TPSA) is 64.1 Å². The van der Waals surface area contributed by atoms with Gasteiger partial charge in [0.05, 0.1) is 10.7 Å². The Labute approximate surface area is 183 Å². The van der Waals surface area contributed by atoms with Crippen LogP contribution >= 0.6 is 23.1 Å². The van der Waals surface area contributed by atoms with Crippen molar-refractivity contribution < 1.29 is 9.53 Å². The van der Waals surface area contributed by atoms with E-state index in [0.29, 0.717) is 22.7 Å². The molecule has 7 heteroatoms. The minimum atomic E-state index is -0.164. The first kappa shape index (κ1) is 20.1. The molecule has 0 fully saturated rings. The number of nitrogens with one attached hydrogen (secondary N) is 1. The monoisotopic (exact) mass is 433 g/mol. The Morgan fingerprint density at radius 3 is 2.60 bits per heavy atom. The quantitative estimate of drug-likeness (QED) is 0.352.